The van der Waals surface area contributed by atoms with E-state index in [2.05, 4.69) is 25.9 Å². The quantitative estimate of drug-likeness (QED) is 0.638. The molecule has 0 saturated heterocycles. The monoisotopic (exact) mass is 273 g/mol. The van der Waals surface area contributed by atoms with Crippen LogP contribution in [-0.4, -0.2) is 21.9 Å². The van der Waals surface area contributed by atoms with Gasteiger partial charge in [-0.2, -0.15) is 4.98 Å². The lowest BCUT2D eigenvalue weighted by Crippen LogP contribution is -2.03. The first kappa shape index (κ1) is 12.2. The zero-order chi connectivity index (χ0) is 11.1. The van der Waals surface area contributed by atoms with Crippen LogP contribution in [0.4, 0.5) is 5.95 Å². The zero-order valence-corrected chi connectivity index (χ0v) is 10.5. The fraction of sp³-hybridized carbons (Fsp3) is 0.600. The molecule has 84 valence electrons. The molecule has 0 radical (unpaired) electrons. The normalized spacial score (nSPS) is 10.3. The summed E-state index contributed by atoms with van der Waals surface area (Å²) in [6.45, 7) is 2.55. The molecule has 1 rings (SSSR count). The van der Waals surface area contributed by atoms with E-state index in [4.69, 9.17) is 10.5 Å². The first-order valence-electron chi connectivity index (χ1n) is 5.02. The summed E-state index contributed by atoms with van der Waals surface area (Å²) in [6.07, 6.45) is 3.37. The highest BCUT2D eigenvalue weighted by Gasteiger charge is 1.99. The van der Waals surface area contributed by atoms with Gasteiger partial charge in [0, 0.05) is 17.1 Å². The molecule has 0 saturated carbocycles. The van der Waals surface area contributed by atoms with Gasteiger partial charge in [-0.1, -0.05) is 15.9 Å². The molecule has 1 aromatic heterocycles. The number of rotatable bonds is 6. The van der Waals surface area contributed by atoms with E-state index in [0.717, 1.165) is 23.9 Å². The van der Waals surface area contributed by atoms with Crippen LogP contribution in [0.25, 0.3) is 0 Å². The second-order valence-electron chi connectivity index (χ2n) is 3.30. The summed E-state index contributed by atoms with van der Waals surface area (Å²) >= 11 is 3.39. The van der Waals surface area contributed by atoms with Gasteiger partial charge in [-0.05, 0) is 26.2 Å². The van der Waals surface area contributed by atoms with E-state index in [-0.39, 0.29) is 5.95 Å². The summed E-state index contributed by atoms with van der Waals surface area (Å²) in [5, 5.41) is 1.05. The van der Waals surface area contributed by atoms with Crippen LogP contribution < -0.4 is 10.5 Å². The van der Waals surface area contributed by atoms with Crippen LogP contribution in [0, 0.1) is 6.92 Å². The number of nitrogens with zero attached hydrogens (tertiary/aromatic N) is 2. The molecule has 0 bridgehead atoms. The maximum atomic E-state index is 5.50. The van der Waals surface area contributed by atoms with Crippen molar-refractivity contribution in [1.29, 1.82) is 0 Å². The summed E-state index contributed by atoms with van der Waals surface area (Å²) in [6, 6.07) is 1.79. The van der Waals surface area contributed by atoms with Gasteiger partial charge in [0.25, 0.3) is 0 Å². The van der Waals surface area contributed by atoms with Crippen molar-refractivity contribution >= 4 is 21.9 Å². The highest BCUT2D eigenvalue weighted by atomic mass is 79.9. The van der Waals surface area contributed by atoms with Crippen molar-refractivity contribution in [1.82, 2.24) is 9.97 Å². The Morgan fingerprint density at radius 3 is 2.80 bits per heavy atom. The molecule has 0 atom stereocenters. The summed E-state index contributed by atoms with van der Waals surface area (Å²) in [5.74, 6) is 0.837. The predicted octanol–water partition coefficient (Wildman–Crippen LogP) is 2.31. The molecule has 0 aliphatic carbocycles. The SMILES string of the molecule is Cc1cc(OCCCCCBr)nc(N)n1. The largest absolute Gasteiger partial charge is 0.478 e. The molecule has 0 amide bonds. The zero-order valence-electron chi connectivity index (χ0n) is 8.87. The van der Waals surface area contributed by atoms with Crippen molar-refractivity contribution in [3.63, 3.8) is 0 Å². The second-order valence-corrected chi connectivity index (χ2v) is 4.10. The molecular formula is C10H16BrN3O. The molecule has 0 unspecified atom stereocenters. The number of nitrogen functional groups attached to an aromatic ring is 1. The van der Waals surface area contributed by atoms with Crippen LogP contribution in [0.5, 0.6) is 5.88 Å². The minimum Gasteiger partial charge on any atom is -0.478 e. The molecule has 15 heavy (non-hydrogen) atoms. The maximum absolute atomic E-state index is 5.50. The van der Waals surface area contributed by atoms with Crippen molar-refractivity contribution in [3.05, 3.63) is 11.8 Å². The number of nitrogens with two attached hydrogens (primary N) is 1. The van der Waals surface area contributed by atoms with Crippen molar-refractivity contribution in [3.8, 4) is 5.88 Å². The van der Waals surface area contributed by atoms with Gasteiger partial charge in [0.1, 0.15) is 0 Å². The van der Waals surface area contributed by atoms with Crippen molar-refractivity contribution in [2.24, 2.45) is 0 Å². The lowest BCUT2D eigenvalue weighted by atomic mass is 10.3. The van der Waals surface area contributed by atoms with Crippen molar-refractivity contribution in [2.45, 2.75) is 26.2 Å². The van der Waals surface area contributed by atoms with E-state index < -0.39 is 0 Å². The highest BCUT2D eigenvalue weighted by molar-refractivity contribution is 9.09. The summed E-state index contributed by atoms with van der Waals surface area (Å²) in [4.78, 5) is 7.96. The molecule has 0 spiro atoms. The molecule has 0 aliphatic rings. The first-order chi connectivity index (χ1) is 7.22. The Hall–Kier alpha value is -0.840. The Kier molecular flexibility index (Phi) is 5.39. The number of unbranched alkanes of at least 4 members (excludes halogenated alkanes) is 2. The van der Waals surface area contributed by atoms with Crippen LogP contribution in [0.2, 0.25) is 0 Å². The van der Waals surface area contributed by atoms with Gasteiger partial charge in [-0.25, -0.2) is 4.98 Å². The third kappa shape index (κ3) is 4.97. The Bertz CT molecular complexity index is 286. The number of hydrogen-bond acceptors (Lipinski definition) is 4. The number of halogens is 1. The Morgan fingerprint density at radius 2 is 2.13 bits per heavy atom. The molecule has 1 aromatic rings. The van der Waals surface area contributed by atoms with E-state index in [1.807, 2.05) is 6.92 Å². The van der Waals surface area contributed by atoms with E-state index in [1.165, 1.54) is 6.42 Å². The third-order valence-electron chi connectivity index (χ3n) is 1.88. The lowest BCUT2D eigenvalue weighted by molar-refractivity contribution is 0.295. The highest BCUT2D eigenvalue weighted by Crippen LogP contribution is 2.10. The summed E-state index contributed by atoms with van der Waals surface area (Å²) in [7, 11) is 0. The average molecular weight is 274 g/mol. The van der Waals surface area contributed by atoms with Crippen LogP contribution in [0.3, 0.4) is 0 Å². The van der Waals surface area contributed by atoms with Crippen LogP contribution in [0.1, 0.15) is 25.0 Å². The molecule has 0 fully saturated rings. The average Bonchev–Trinajstić information content (AvgIpc) is 2.16. The number of alkyl halides is 1. The molecule has 0 aromatic carbocycles. The van der Waals surface area contributed by atoms with E-state index in [0.29, 0.717) is 12.5 Å². The standard InChI is InChI=1S/C10H16BrN3O/c1-8-7-9(14-10(12)13-8)15-6-4-2-3-5-11/h7H,2-6H2,1H3,(H2,12,13,14). The van der Waals surface area contributed by atoms with Gasteiger partial charge in [0.05, 0.1) is 6.61 Å². The number of aryl methyl sites for hydroxylation is 1. The molecular weight excluding hydrogens is 258 g/mol. The van der Waals surface area contributed by atoms with Crippen molar-refractivity contribution in [2.75, 3.05) is 17.7 Å². The minimum absolute atomic E-state index is 0.269. The first-order valence-corrected chi connectivity index (χ1v) is 6.14. The second kappa shape index (κ2) is 6.61. The molecule has 5 heteroatoms. The third-order valence-corrected chi connectivity index (χ3v) is 2.44. The number of aromatic nitrogens is 2. The van der Waals surface area contributed by atoms with E-state index in [9.17, 15) is 0 Å². The smallest absolute Gasteiger partial charge is 0.223 e. The van der Waals surface area contributed by atoms with Crippen molar-refractivity contribution < 1.29 is 4.74 Å². The van der Waals surface area contributed by atoms with Crippen LogP contribution >= 0.6 is 15.9 Å². The molecule has 2 N–H and O–H groups in total. The predicted molar refractivity (Wildman–Crippen MR) is 64.3 cm³/mol. The van der Waals surface area contributed by atoms with E-state index in [1.54, 1.807) is 6.07 Å². The molecule has 4 nitrogen and oxygen atoms in total. The maximum Gasteiger partial charge on any atom is 0.223 e. The lowest BCUT2D eigenvalue weighted by Gasteiger charge is -2.05. The fourth-order valence-electron chi connectivity index (χ4n) is 1.19. The minimum atomic E-state index is 0.269. The number of hydrogen-bond donors (Lipinski definition) is 1. The topological polar surface area (TPSA) is 61.0 Å². The molecule has 1 heterocycles. The van der Waals surface area contributed by atoms with E-state index >= 15 is 0 Å². The summed E-state index contributed by atoms with van der Waals surface area (Å²) in [5.41, 5.74) is 6.33. The van der Waals surface area contributed by atoms with Gasteiger partial charge >= 0.3 is 0 Å². The Balaban J connectivity index is 2.31. The van der Waals surface area contributed by atoms with Gasteiger partial charge in [0.15, 0.2) is 0 Å². The summed E-state index contributed by atoms with van der Waals surface area (Å²) < 4.78 is 5.47. The number of ether oxygens (including phenoxy) is 1. The Morgan fingerprint density at radius 1 is 1.33 bits per heavy atom. The van der Waals surface area contributed by atoms with Gasteiger partial charge in [-0.15, -0.1) is 0 Å². The van der Waals surface area contributed by atoms with Crippen LogP contribution in [0.15, 0.2) is 6.07 Å². The van der Waals surface area contributed by atoms with Crippen LogP contribution in [-0.2, 0) is 0 Å². The Labute approximate surface area is 98.4 Å². The fourth-order valence-corrected chi connectivity index (χ4v) is 1.58. The van der Waals surface area contributed by atoms with Gasteiger partial charge in [-0.3, -0.25) is 0 Å². The van der Waals surface area contributed by atoms with Gasteiger partial charge in [0.2, 0.25) is 11.8 Å². The molecule has 0 aliphatic heterocycles. The number of anilines is 1. The van der Waals surface area contributed by atoms with Gasteiger partial charge < -0.3 is 10.5 Å².